The van der Waals surface area contributed by atoms with Crippen molar-refractivity contribution in [3.05, 3.63) is 28.0 Å². The molecule has 24 heavy (non-hydrogen) atoms. The maximum atomic E-state index is 12.1. The van der Waals surface area contributed by atoms with Gasteiger partial charge in [-0.05, 0) is 55.6 Å². The summed E-state index contributed by atoms with van der Waals surface area (Å²) >= 11 is 3.40. The van der Waals surface area contributed by atoms with Crippen LogP contribution in [0.4, 0.5) is 4.79 Å². The third-order valence-corrected chi connectivity index (χ3v) is 4.72. The summed E-state index contributed by atoms with van der Waals surface area (Å²) in [6.07, 6.45) is 2.58. The summed E-state index contributed by atoms with van der Waals surface area (Å²) in [6, 6.07) is 1.88. The second-order valence-electron chi connectivity index (χ2n) is 7.00. The zero-order valence-electron chi connectivity index (χ0n) is 13.7. The average molecular weight is 395 g/mol. The summed E-state index contributed by atoms with van der Waals surface area (Å²) in [6.45, 7) is 5.46. The van der Waals surface area contributed by atoms with Crippen LogP contribution in [0.1, 0.15) is 49.7 Å². The van der Waals surface area contributed by atoms with Gasteiger partial charge in [-0.1, -0.05) is 0 Å². The first-order valence-electron chi connectivity index (χ1n) is 7.60. The molecule has 2 amide bonds. The minimum atomic E-state index is -0.554. The molecular formula is C16H19BrN4O3. The fourth-order valence-electron chi connectivity index (χ4n) is 2.56. The fraction of sp³-hybridized carbons (Fsp3) is 0.438. The molecule has 0 saturated heterocycles. The van der Waals surface area contributed by atoms with E-state index in [1.807, 2.05) is 26.8 Å². The lowest BCUT2D eigenvalue weighted by Gasteiger charge is -2.23. The summed E-state index contributed by atoms with van der Waals surface area (Å²) in [5, 5.41) is 3.68. The largest absolute Gasteiger partial charge is 0.444 e. The molecule has 0 radical (unpaired) electrons. The van der Waals surface area contributed by atoms with E-state index < -0.39 is 23.1 Å². The first kappa shape index (κ1) is 16.8. The van der Waals surface area contributed by atoms with Gasteiger partial charge in [0.2, 0.25) is 0 Å². The highest BCUT2D eigenvalue weighted by Crippen LogP contribution is 2.46. The van der Waals surface area contributed by atoms with Crippen molar-refractivity contribution in [2.75, 3.05) is 0 Å². The summed E-state index contributed by atoms with van der Waals surface area (Å²) in [4.78, 5) is 31.0. The van der Waals surface area contributed by atoms with Crippen molar-refractivity contribution in [2.24, 2.45) is 5.73 Å². The lowest BCUT2D eigenvalue weighted by molar-refractivity contribution is 0.0494. The van der Waals surface area contributed by atoms with Gasteiger partial charge < -0.3 is 20.8 Å². The molecule has 1 saturated carbocycles. The molecule has 0 aromatic carbocycles. The number of hydrogen-bond acceptors (Lipinski definition) is 4. The minimum absolute atomic E-state index is 0.318. The monoisotopic (exact) mass is 394 g/mol. The number of carbonyl (C=O) groups excluding carboxylic acids is 2. The maximum absolute atomic E-state index is 12.1. The molecule has 2 aromatic heterocycles. The Morgan fingerprint density at radius 2 is 2.08 bits per heavy atom. The van der Waals surface area contributed by atoms with Crippen LogP contribution in [0.3, 0.4) is 0 Å². The average Bonchev–Trinajstić information content (AvgIpc) is 3.06. The number of fused-ring (bicyclic) bond motifs is 1. The standard InChI is InChI=1S/C16H19BrN4O3/c1-15(2,3)24-14(23)21-16(4-5-16)10-6-8-11(17)9(12(18)22)7-19-13(8)20-10/h6-7H,4-5H2,1-3H3,(H2,18,22)(H,19,20)(H,21,23). The van der Waals surface area contributed by atoms with E-state index in [-0.39, 0.29) is 0 Å². The van der Waals surface area contributed by atoms with Crippen molar-refractivity contribution < 1.29 is 14.3 Å². The number of rotatable bonds is 3. The van der Waals surface area contributed by atoms with Crippen LogP contribution in [0.25, 0.3) is 11.0 Å². The molecule has 1 aliphatic carbocycles. The molecule has 7 nitrogen and oxygen atoms in total. The lowest BCUT2D eigenvalue weighted by Crippen LogP contribution is -2.39. The van der Waals surface area contributed by atoms with Crippen LogP contribution in [-0.4, -0.2) is 27.6 Å². The molecule has 4 N–H and O–H groups in total. The van der Waals surface area contributed by atoms with Gasteiger partial charge in [-0.2, -0.15) is 0 Å². The van der Waals surface area contributed by atoms with E-state index in [0.717, 1.165) is 23.9 Å². The quantitative estimate of drug-likeness (QED) is 0.742. The van der Waals surface area contributed by atoms with E-state index in [1.165, 1.54) is 6.20 Å². The molecule has 1 aliphatic rings. The predicted octanol–water partition coefficient (Wildman–Crippen LogP) is 2.94. The number of H-pyrrole nitrogens is 1. The zero-order chi connectivity index (χ0) is 17.7. The van der Waals surface area contributed by atoms with E-state index in [2.05, 4.69) is 31.2 Å². The number of aromatic nitrogens is 2. The van der Waals surface area contributed by atoms with Crippen LogP contribution in [0.2, 0.25) is 0 Å². The Morgan fingerprint density at radius 1 is 1.42 bits per heavy atom. The van der Waals surface area contributed by atoms with Gasteiger partial charge in [0.25, 0.3) is 5.91 Å². The number of nitrogens with two attached hydrogens (primary N) is 1. The lowest BCUT2D eigenvalue weighted by atomic mass is 10.1. The molecule has 128 valence electrons. The van der Waals surface area contributed by atoms with Gasteiger partial charge in [-0.3, -0.25) is 4.79 Å². The van der Waals surface area contributed by atoms with Crippen molar-refractivity contribution in [3.63, 3.8) is 0 Å². The molecule has 3 rings (SSSR count). The number of alkyl carbamates (subject to hydrolysis) is 1. The summed E-state index contributed by atoms with van der Waals surface area (Å²) in [5.74, 6) is -0.549. The van der Waals surface area contributed by atoms with E-state index in [9.17, 15) is 9.59 Å². The Bertz CT molecular complexity index is 834. The third kappa shape index (κ3) is 3.10. The van der Waals surface area contributed by atoms with Crippen LogP contribution in [0.15, 0.2) is 16.7 Å². The van der Waals surface area contributed by atoms with Crippen molar-refractivity contribution >= 4 is 39.0 Å². The van der Waals surface area contributed by atoms with Gasteiger partial charge in [-0.25, -0.2) is 9.78 Å². The second kappa shape index (κ2) is 5.47. The number of pyridine rings is 1. The number of hydrogen-bond donors (Lipinski definition) is 3. The second-order valence-corrected chi connectivity index (χ2v) is 7.80. The summed E-state index contributed by atoms with van der Waals surface area (Å²) in [7, 11) is 0. The van der Waals surface area contributed by atoms with E-state index in [4.69, 9.17) is 10.5 Å². The summed E-state index contributed by atoms with van der Waals surface area (Å²) < 4.78 is 5.93. The SMILES string of the molecule is CC(C)(C)OC(=O)NC1(c2cc3c(Br)c(C(N)=O)cnc3[nH]2)CC1. The number of ether oxygens (including phenoxy) is 1. The van der Waals surface area contributed by atoms with Gasteiger partial charge in [0.15, 0.2) is 0 Å². The molecule has 2 aromatic rings. The number of amides is 2. The highest BCUT2D eigenvalue weighted by molar-refractivity contribution is 9.10. The highest BCUT2D eigenvalue weighted by Gasteiger charge is 2.48. The number of aromatic amines is 1. The van der Waals surface area contributed by atoms with Crippen LogP contribution in [0.5, 0.6) is 0 Å². The highest BCUT2D eigenvalue weighted by atomic mass is 79.9. The Kier molecular flexibility index (Phi) is 3.82. The smallest absolute Gasteiger partial charge is 0.408 e. The topological polar surface area (TPSA) is 110 Å². The number of nitrogens with one attached hydrogen (secondary N) is 2. The van der Waals surface area contributed by atoms with Gasteiger partial charge in [-0.15, -0.1) is 0 Å². The van der Waals surface area contributed by atoms with Crippen LogP contribution in [-0.2, 0) is 10.3 Å². The van der Waals surface area contributed by atoms with E-state index in [1.54, 1.807) is 0 Å². The van der Waals surface area contributed by atoms with Gasteiger partial charge in [0.1, 0.15) is 11.2 Å². The van der Waals surface area contributed by atoms with Gasteiger partial charge in [0, 0.05) is 21.7 Å². The van der Waals surface area contributed by atoms with Crippen LogP contribution >= 0.6 is 15.9 Å². The van der Waals surface area contributed by atoms with Gasteiger partial charge in [0.05, 0.1) is 11.1 Å². The van der Waals surface area contributed by atoms with Crippen molar-refractivity contribution in [2.45, 2.75) is 44.8 Å². The molecule has 8 heteroatoms. The minimum Gasteiger partial charge on any atom is -0.444 e. The number of carbonyl (C=O) groups is 2. The van der Waals surface area contributed by atoms with E-state index >= 15 is 0 Å². The molecule has 0 unspecified atom stereocenters. The molecule has 1 fully saturated rings. The molecule has 0 atom stereocenters. The Morgan fingerprint density at radius 3 is 2.62 bits per heavy atom. The molecule has 0 aliphatic heterocycles. The maximum Gasteiger partial charge on any atom is 0.408 e. The van der Waals surface area contributed by atoms with Crippen molar-refractivity contribution in [1.82, 2.24) is 15.3 Å². The zero-order valence-corrected chi connectivity index (χ0v) is 15.3. The number of primary amides is 1. The predicted molar refractivity (Wildman–Crippen MR) is 92.6 cm³/mol. The van der Waals surface area contributed by atoms with Crippen LogP contribution in [0, 0.1) is 0 Å². The molecule has 2 heterocycles. The fourth-order valence-corrected chi connectivity index (χ4v) is 3.16. The molecule has 0 bridgehead atoms. The van der Waals surface area contributed by atoms with Crippen molar-refractivity contribution in [1.29, 1.82) is 0 Å². The first-order chi connectivity index (χ1) is 11.1. The third-order valence-electron chi connectivity index (χ3n) is 3.86. The summed E-state index contributed by atoms with van der Waals surface area (Å²) in [5.41, 5.74) is 6.09. The molecule has 0 spiro atoms. The van der Waals surface area contributed by atoms with Crippen LogP contribution < -0.4 is 11.1 Å². The molecular weight excluding hydrogens is 376 g/mol. The van der Waals surface area contributed by atoms with Gasteiger partial charge >= 0.3 is 6.09 Å². The number of halogens is 1. The normalized spacial score (nSPS) is 16.0. The Hall–Kier alpha value is -2.09. The Labute approximate surface area is 147 Å². The first-order valence-corrected chi connectivity index (χ1v) is 8.39. The Balaban J connectivity index is 1.91. The van der Waals surface area contributed by atoms with E-state index in [0.29, 0.717) is 15.7 Å². The number of nitrogens with zero attached hydrogens (tertiary/aromatic N) is 1. The van der Waals surface area contributed by atoms with Crippen molar-refractivity contribution in [3.8, 4) is 0 Å².